The molecule has 0 heterocycles. The Morgan fingerprint density at radius 1 is 1.31 bits per heavy atom. The lowest BCUT2D eigenvalue weighted by Gasteiger charge is -2.18. The fourth-order valence-corrected chi connectivity index (χ4v) is 2.84. The molecule has 0 bridgehead atoms. The SMILES string of the molecule is CCCC(C)NS(=O)(=O)C(C)CNC1CC1. The standard InChI is InChI=1S/C11H24N2O2S/c1-4-5-9(2)13-16(14,15)10(3)8-12-11-6-7-11/h9-13H,4-8H2,1-3H3. The van der Waals surface area contributed by atoms with Gasteiger partial charge in [-0.15, -0.1) is 0 Å². The number of rotatable bonds is 8. The van der Waals surface area contributed by atoms with E-state index in [4.69, 9.17) is 0 Å². The van der Waals surface area contributed by atoms with Gasteiger partial charge in [0.1, 0.15) is 0 Å². The summed E-state index contributed by atoms with van der Waals surface area (Å²) in [5, 5.41) is 2.89. The Labute approximate surface area is 99.2 Å². The molecule has 1 rings (SSSR count). The van der Waals surface area contributed by atoms with E-state index in [9.17, 15) is 8.42 Å². The highest BCUT2D eigenvalue weighted by Crippen LogP contribution is 2.18. The fraction of sp³-hybridized carbons (Fsp3) is 1.00. The van der Waals surface area contributed by atoms with Gasteiger partial charge in [-0.3, -0.25) is 0 Å². The molecule has 0 radical (unpaired) electrons. The summed E-state index contributed by atoms with van der Waals surface area (Å²) in [4.78, 5) is 0. The third-order valence-electron chi connectivity index (χ3n) is 2.89. The lowest BCUT2D eigenvalue weighted by atomic mass is 10.2. The van der Waals surface area contributed by atoms with Crippen molar-refractivity contribution in [1.29, 1.82) is 0 Å². The van der Waals surface area contributed by atoms with Gasteiger partial charge in [-0.05, 0) is 33.1 Å². The molecule has 4 nitrogen and oxygen atoms in total. The highest BCUT2D eigenvalue weighted by molar-refractivity contribution is 7.90. The van der Waals surface area contributed by atoms with E-state index in [1.165, 1.54) is 12.8 Å². The second-order valence-corrected chi connectivity index (χ2v) is 6.98. The lowest BCUT2D eigenvalue weighted by Crippen LogP contribution is -2.43. The smallest absolute Gasteiger partial charge is 0.215 e. The van der Waals surface area contributed by atoms with Gasteiger partial charge in [0.15, 0.2) is 0 Å². The molecule has 96 valence electrons. The maximum Gasteiger partial charge on any atom is 0.215 e. The van der Waals surface area contributed by atoms with Crippen molar-refractivity contribution in [2.24, 2.45) is 0 Å². The van der Waals surface area contributed by atoms with Crippen LogP contribution in [0.4, 0.5) is 0 Å². The van der Waals surface area contributed by atoms with E-state index in [1.807, 2.05) is 6.92 Å². The van der Waals surface area contributed by atoms with Crippen LogP contribution in [-0.4, -0.2) is 32.3 Å². The van der Waals surface area contributed by atoms with E-state index in [0.29, 0.717) is 12.6 Å². The molecule has 0 aromatic rings. The Hall–Kier alpha value is -0.130. The van der Waals surface area contributed by atoms with Crippen molar-refractivity contribution in [1.82, 2.24) is 10.0 Å². The molecule has 0 aromatic carbocycles. The molecule has 2 N–H and O–H groups in total. The number of sulfonamides is 1. The van der Waals surface area contributed by atoms with E-state index in [1.54, 1.807) is 6.92 Å². The van der Waals surface area contributed by atoms with Gasteiger partial charge in [0.05, 0.1) is 5.25 Å². The van der Waals surface area contributed by atoms with Crippen LogP contribution in [0.5, 0.6) is 0 Å². The average Bonchev–Trinajstić information content (AvgIpc) is 2.96. The monoisotopic (exact) mass is 248 g/mol. The molecule has 5 heteroatoms. The highest BCUT2D eigenvalue weighted by Gasteiger charge is 2.26. The van der Waals surface area contributed by atoms with Gasteiger partial charge in [-0.25, -0.2) is 13.1 Å². The van der Waals surface area contributed by atoms with Crippen molar-refractivity contribution in [3.05, 3.63) is 0 Å². The zero-order chi connectivity index (χ0) is 12.2. The van der Waals surface area contributed by atoms with Crippen LogP contribution in [0.3, 0.4) is 0 Å². The van der Waals surface area contributed by atoms with Crippen LogP contribution in [0, 0.1) is 0 Å². The zero-order valence-corrected chi connectivity index (χ0v) is 11.3. The Bertz CT molecular complexity index is 299. The van der Waals surface area contributed by atoms with Crippen molar-refractivity contribution in [3.63, 3.8) is 0 Å². The number of nitrogens with one attached hydrogen (secondary N) is 2. The minimum Gasteiger partial charge on any atom is -0.313 e. The molecule has 0 amide bonds. The summed E-state index contributed by atoms with van der Waals surface area (Å²) in [6, 6.07) is 0.601. The third-order valence-corrected chi connectivity index (χ3v) is 4.85. The predicted octanol–water partition coefficient (Wildman–Crippen LogP) is 1.23. The first kappa shape index (κ1) is 13.9. The summed E-state index contributed by atoms with van der Waals surface area (Å²) in [5.74, 6) is 0. The second kappa shape index (κ2) is 5.98. The molecule has 2 unspecified atom stereocenters. The van der Waals surface area contributed by atoms with Crippen molar-refractivity contribution < 1.29 is 8.42 Å². The molecule has 1 aliphatic carbocycles. The summed E-state index contributed by atoms with van der Waals surface area (Å²) in [6.45, 7) is 6.29. The van der Waals surface area contributed by atoms with Gasteiger partial charge in [-0.2, -0.15) is 0 Å². The minimum absolute atomic E-state index is 0.0402. The molecule has 16 heavy (non-hydrogen) atoms. The van der Waals surface area contributed by atoms with E-state index < -0.39 is 10.0 Å². The van der Waals surface area contributed by atoms with Crippen LogP contribution in [0.2, 0.25) is 0 Å². The Kier molecular flexibility index (Phi) is 5.21. The van der Waals surface area contributed by atoms with Crippen LogP contribution in [0.25, 0.3) is 0 Å². The highest BCUT2D eigenvalue weighted by atomic mass is 32.2. The van der Waals surface area contributed by atoms with Crippen LogP contribution in [-0.2, 0) is 10.0 Å². The van der Waals surface area contributed by atoms with Crippen LogP contribution in [0.1, 0.15) is 46.5 Å². The summed E-state index contributed by atoms with van der Waals surface area (Å²) >= 11 is 0. The van der Waals surface area contributed by atoms with Crippen LogP contribution in [0.15, 0.2) is 0 Å². The zero-order valence-electron chi connectivity index (χ0n) is 10.5. The van der Waals surface area contributed by atoms with Gasteiger partial charge in [0.25, 0.3) is 0 Å². The Balaban J connectivity index is 2.34. The molecule has 2 atom stereocenters. The van der Waals surface area contributed by atoms with Crippen LogP contribution >= 0.6 is 0 Å². The normalized spacial score (nSPS) is 20.7. The maximum absolute atomic E-state index is 11.9. The molecular weight excluding hydrogens is 224 g/mol. The van der Waals surface area contributed by atoms with Gasteiger partial charge in [0, 0.05) is 18.6 Å². The average molecular weight is 248 g/mol. The molecule has 1 aliphatic rings. The van der Waals surface area contributed by atoms with Crippen molar-refractivity contribution >= 4 is 10.0 Å². The quantitative estimate of drug-likeness (QED) is 0.679. The Morgan fingerprint density at radius 2 is 1.94 bits per heavy atom. The molecule has 0 aliphatic heterocycles. The molecule has 1 fully saturated rings. The first-order valence-corrected chi connectivity index (χ1v) is 7.75. The number of hydrogen-bond donors (Lipinski definition) is 2. The fourth-order valence-electron chi connectivity index (χ4n) is 1.62. The summed E-state index contributed by atoms with van der Waals surface area (Å²) in [5.41, 5.74) is 0. The molecular formula is C11H24N2O2S. The topological polar surface area (TPSA) is 58.2 Å². The summed E-state index contributed by atoms with van der Waals surface area (Å²) in [7, 11) is -3.16. The molecule has 0 aromatic heterocycles. The minimum atomic E-state index is -3.16. The van der Waals surface area contributed by atoms with Crippen molar-refractivity contribution in [2.75, 3.05) is 6.54 Å². The van der Waals surface area contributed by atoms with E-state index in [0.717, 1.165) is 12.8 Å². The first-order valence-electron chi connectivity index (χ1n) is 6.20. The van der Waals surface area contributed by atoms with Crippen molar-refractivity contribution in [3.8, 4) is 0 Å². The molecule has 0 spiro atoms. The summed E-state index contributed by atoms with van der Waals surface area (Å²) < 4.78 is 26.5. The second-order valence-electron chi connectivity index (χ2n) is 4.85. The maximum atomic E-state index is 11.9. The van der Waals surface area contributed by atoms with Gasteiger partial charge < -0.3 is 5.32 Å². The third kappa shape index (κ3) is 4.80. The largest absolute Gasteiger partial charge is 0.313 e. The lowest BCUT2D eigenvalue weighted by molar-refractivity contribution is 0.527. The van der Waals surface area contributed by atoms with Crippen molar-refractivity contribution in [2.45, 2.75) is 63.8 Å². The Morgan fingerprint density at radius 3 is 2.44 bits per heavy atom. The van der Waals surface area contributed by atoms with Gasteiger partial charge in [0.2, 0.25) is 10.0 Å². The molecule has 0 saturated heterocycles. The van der Waals surface area contributed by atoms with Gasteiger partial charge in [-0.1, -0.05) is 13.3 Å². The molecule has 1 saturated carbocycles. The predicted molar refractivity (Wildman–Crippen MR) is 66.9 cm³/mol. The summed E-state index contributed by atoms with van der Waals surface area (Å²) in [6.07, 6.45) is 4.26. The van der Waals surface area contributed by atoms with Gasteiger partial charge >= 0.3 is 0 Å². The van der Waals surface area contributed by atoms with E-state index >= 15 is 0 Å². The number of hydrogen-bond acceptors (Lipinski definition) is 3. The van der Waals surface area contributed by atoms with Crippen LogP contribution < -0.4 is 10.0 Å². The van der Waals surface area contributed by atoms with E-state index in [2.05, 4.69) is 17.0 Å². The van der Waals surface area contributed by atoms with E-state index in [-0.39, 0.29) is 11.3 Å². The first-order chi connectivity index (χ1) is 7.45.